The number of nitrogens with zero attached hydrogens (tertiary/aromatic N) is 1. The molecule has 3 rings (SSSR count). The lowest BCUT2D eigenvalue weighted by molar-refractivity contribution is -0.138. The number of hydrogen-bond donors (Lipinski definition) is 4. The van der Waals surface area contributed by atoms with Gasteiger partial charge in [-0.15, -0.1) is 0 Å². The highest BCUT2D eigenvalue weighted by atomic mass is 16.5. The predicted octanol–water partition coefficient (Wildman–Crippen LogP) is 1.52. The van der Waals surface area contributed by atoms with Crippen molar-refractivity contribution in [2.45, 2.75) is 71.4 Å². The van der Waals surface area contributed by atoms with E-state index in [0.717, 1.165) is 5.56 Å². The fourth-order valence-electron chi connectivity index (χ4n) is 3.93. The van der Waals surface area contributed by atoms with Crippen LogP contribution in [0, 0.1) is 11.8 Å². The lowest BCUT2D eigenvalue weighted by Gasteiger charge is -2.35. The third-order valence-electron chi connectivity index (χ3n) is 6.09. The van der Waals surface area contributed by atoms with Crippen LogP contribution >= 0.6 is 0 Å². The molecule has 0 saturated heterocycles. The van der Waals surface area contributed by atoms with Gasteiger partial charge in [-0.25, -0.2) is 0 Å². The van der Waals surface area contributed by atoms with E-state index >= 15 is 0 Å². The number of amides is 3. The van der Waals surface area contributed by atoms with Crippen LogP contribution < -0.4 is 20.7 Å². The van der Waals surface area contributed by atoms with E-state index in [1.165, 1.54) is 6.20 Å². The van der Waals surface area contributed by atoms with Crippen LogP contribution in [0.5, 0.6) is 5.75 Å². The van der Waals surface area contributed by atoms with Crippen molar-refractivity contribution in [3.8, 4) is 5.75 Å². The van der Waals surface area contributed by atoms with Crippen LogP contribution in [0.4, 0.5) is 0 Å². The van der Waals surface area contributed by atoms with Crippen molar-refractivity contribution in [3.63, 3.8) is 0 Å². The largest absolute Gasteiger partial charge is 0.487 e. The molecule has 0 saturated carbocycles. The molecule has 194 valence electrons. The minimum absolute atomic E-state index is 0.166. The third-order valence-corrected chi connectivity index (χ3v) is 6.09. The second-order valence-electron chi connectivity index (χ2n) is 9.84. The number of ether oxygens (including phenoxy) is 1. The van der Waals surface area contributed by atoms with E-state index in [1.54, 1.807) is 44.1 Å². The Balaban J connectivity index is 2.49. The fourth-order valence-corrected chi connectivity index (χ4v) is 3.93. The molecule has 1 aromatic carbocycles. The summed E-state index contributed by atoms with van der Waals surface area (Å²) in [6.07, 6.45) is 1.97. The molecule has 5 atom stereocenters. The Kier molecular flexibility index (Phi) is 10.3. The van der Waals surface area contributed by atoms with E-state index < -0.39 is 42.1 Å². The summed E-state index contributed by atoms with van der Waals surface area (Å²) in [5.41, 5.74) is 0.870. The zero-order valence-electron chi connectivity index (χ0n) is 21.7. The van der Waals surface area contributed by atoms with Crippen LogP contribution in [0.15, 0.2) is 30.5 Å². The van der Waals surface area contributed by atoms with Gasteiger partial charge in [0.05, 0.1) is 6.10 Å². The Bertz CT molecular complexity index is 898. The molecule has 35 heavy (non-hydrogen) atoms. The molecule has 2 heterocycles. The van der Waals surface area contributed by atoms with Gasteiger partial charge in [-0.3, -0.25) is 19.3 Å². The Morgan fingerprint density at radius 2 is 1.74 bits per heavy atom. The molecule has 0 fully saturated rings. The van der Waals surface area contributed by atoms with Crippen molar-refractivity contribution in [2.75, 3.05) is 14.1 Å². The van der Waals surface area contributed by atoms with Crippen molar-refractivity contribution in [1.29, 1.82) is 0 Å². The highest BCUT2D eigenvalue weighted by Gasteiger charge is 2.39. The number of hydrogen-bond acceptors (Lipinski definition) is 6. The first-order chi connectivity index (χ1) is 16.5. The van der Waals surface area contributed by atoms with Crippen LogP contribution in [-0.2, 0) is 14.4 Å². The number of aliphatic hydroxyl groups excluding tert-OH is 1. The topological polar surface area (TPSA) is 120 Å². The number of likely N-dealkylation sites (N-methyl/N-ethyl adjacent to an activating group) is 1. The van der Waals surface area contributed by atoms with E-state index in [1.807, 2.05) is 39.8 Å². The highest BCUT2D eigenvalue weighted by Crippen LogP contribution is 2.21. The molecule has 2 bridgehead atoms. The number of carbonyl (C=O) groups is 3. The van der Waals surface area contributed by atoms with E-state index in [4.69, 9.17) is 4.74 Å². The van der Waals surface area contributed by atoms with Crippen molar-refractivity contribution in [1.82, 2.24) is 20.9 Å². The number of benzene rings is 1. The normalized spacial score (nSPS) is 23.8. The summed E-state index contributed by atoms with van der Waals surface area (Å²) >= 11 is 0. The lowest BCUT2D eigenvalue weighted by Crippen LogP contribution is -2.63. The van der Waals surface area contributed by atoms with E-state index in [-0.39, 0.29) is 17.7 Å². The van der Waals surface area contributed by atoms with E-state index in [2.05, 4.69) is 16.0 Å². The lowest BCUT2D eigenvalue weighted by atomic mass is 9.95. The molecule has 0 spiro atoms. The van der Waals surface area contributed by atoms with Gasteiger partial charge < -0.3 is 25.8 Å². The summed E-state index contributed by atoms with van der Waals surface area (Å²) in [4.78, 5) is 41.2. The first-order valence-corrected chi connectivity index (χ1v) is 12.1. The second-order valence-corrected chi connectivity index (χ2v) is 9.84. The minimum Gasteiger partial charge on any atom is -0.487 e. The predicted molar refractivity (Wildman–Crippen MR) is 135 cm³/mol. The molecule has 2 aliphatic rings. The summed E-state index contributed by atoms with van der Waals surface area (Å²) in [6.45, 7) is 9.23. The summed E-state index contributed by atoms with van der Waals surface area (Å²) in [6, 6.07) is 4.45. The van der Waals surface area contributed by atoms with Gasteiger partial charge in [0.15, 0.2) is 0 Å². The van der Waals surface area contributed by atoms with Crippen LogP contribution in [0.3, 0.4) is 0 Å². The average molecular weight is 489 g/mol. The third kappa shape index (κ3) is 7.53. The van der Waals surface area contributed by atoms with E-state index in [0.29, 0.717) is 12.2 Å². The number of aliphatic hydroxyl groups is 1. The molecule has 4 N–H and O–H groups in total. The molecule has 0 aliphatic carbocycles. The Hall–Kier alpha value is -2.91. The maximum atomic E-state index is 13.5. The quantitative estimate of drug-likeness (QED) is 0.462. The summed E-state index contributed by atoms with van der Waals surface area (Å²) in [5, 5.41) is 19.0. The SMILES string of the molecule is CC[C@@H]1NC(=O)[C@@H](NC(=O)[C@@H]([C@H](O)C(C)C)N(C)C)[C@H](C(C)C)Oc2ccc(cc2)/C=C/NC1=O. The number of fused-ring (bicyclic) bond motifs is 10. The Morgan fingerprint density at radius 3 is 2.26 bits per heavy atom. The van der Waals surface area contributed by atoms with Crippen molar-refractivity contribution in [2.24, 2.45) is 11.8 Å². The molecular weight excluding hydrogens is 448 g/mol. The second kappa shape index (κ2) is 12.7. The molecule has 9 heteroatoms. The number of carbonyl (C=O) groups excluding carboxylic acids is 3. The monoisotopic (exact) mass is 488 g/mol. The zero-order chi connectivity index (χ0) is 26.3. The van der Waals surface area contributed by atoms with Gasteiger partial charge in [0.1, 0.15) is 30.0 Å². The average Bonchev–Trinajstić information content (AvgIpc) is 2.79. The molecule has 1 aromatic rings. The molecule has 0 radical (unpaired) electrons. The molecule has 0 aromatic heterocycles. The van der Waals surface area contributed by atoms with Gasteiger partial charge in [-0.1, -0.05) is 46.8 Å². The van der Waals surface area contributed by atoms with Crippen LogP contribution in [0.25, 0.3) is 6.08 Å². The van der Waals surface area contributed by atoms with Crippen molar-refractivity contribution >= 4 is 23.8 Å². The zero-order valence-corrected chi connectivity index (χ0v) is 21.7. The van der Waals surface area contributed by atoms with Gasteiger partial charge >= 0.3 is 0 Å². The van der Waals surface area contributed by atoms with Gasteiger partial charge in [-0.2, -0.15) is 0 Å². The number of rotatable bonds is 7. The van der Waals surface area contributed by atoms with E-state index in [9.17, 15) is 19.5 Å². The van der Waals surface area contributed by atoms with Crippen LogP contribution in [0.2, 0.25) is 0 Å². The fraction of sp³-hybridized carbons (Fsp3) is 0.577. The van der Waals surface area contributed by atoms with Gasteiger partial charge in [0, 0.05) is 6.20 Å². The highest BCUT2D eigenvalue weighted by molar-refractivity contribution is 5.94. The Labute approximate surface area is 208 Å². The maximum absolute atomic E-state index is 13.5. The van der Waals surface area contributed by atoms with Crippen LogP contribution in [0.1, 0.15) is 46.6 Å². The standard InChI is InChI=1S/C26H40N4O5/c1-8-19-24(32)27-14-13-17-9-11-18(12-10-17)35-23(16(4)5)20(25(33)28-19)29-26(34)21(30(6)7)22(31)15(2)3/h9-16,19-23,31H,8H2,1-7H3,(H,27,32)(H,28,33)(H,29,34)/b14-13+/t19-,20-,21+,22+,23-/m0/s1. The molecule has 9 nitrogen and oxygen atoms in total. The van der Waals surface area contributed by atoms with Crippen LogP contribution in [-0.4, -0.2) is 72.2 Å². The summed E-state index contributed by atoms with van der Waals surface area (Å²) in [7, 11) is 3.40. The summed E-state index contributed by atoms with van der Waals surface area (Å²) in [5.74, 6) is -1.19. The smallest absolute Gasteiger partial charge is 0.247 e. The maximum Gasteiger partial charge on any atom is 0.247 e. The molecule has 0 unspecified atom stereocenters. The molecule has 3 amide bonds. The first-order valence-electron chi connectivity index (χ1n) is 12.1. The van der Waals surface area contributed by atoms with Crippen molar-refractivity contribution < 1.29 is 24.2 Å². The minimum atomic E-state index is -1.11. The Morgan fingerprint density at radius 1 is 1.11 bits per heavy atom. The first kappa shape index (κ1) is 28.3. The summed E-state index contributed by atoms with van der Waals surface area (Å²) < 4.78 is 6.23. The van der Waals surface area contributed by atoms with Crippen molar-refractivity contribution in [3.05, 3.63) is 36.0 Å². The van der Waals surface area contributed by atoms with Gasteiger partial charge in [-0.05, 0) is 56.1 Å². The molecule has 2 aliphatic heterocycles. The van der Waals surface area contributed by atoms with Gasteiger partial charge in [0.25, 0.3) is 0 Å². The molecular formula is C26H40N4O5. The number of nitrogens with one attached hydrogen (secondary N) is 3. The van der Waals surface area contributed by atoms with Gasteiger partial charge in [0.2, 0.25) is 17.7 Å².